The number of carbonyl (C=O) groups excluding carboxylic acids is 2. The van der Waals surface area contributed by atoms with Gasteiger partial charge in [0.05, 0.1) is 39.5 Å². The van der Waals surface area contributed by atoms with Crippen molar-refractivity contribution in [3.8, 4) is 5.75 Å². The summed E-state index contributed by atoms with van der Waals surface area (Å²) in [5, 5.41) is 5.34. The second-order valence-electron chi connectivity index (χ2n) is 5.72. The molecule has 2 rings (SSSR count). The SMILES string of the molecule is COc1ccc(C(CNC(=O)CNC(=O)CN)N2CCOCC2)cc1. The topological polar surface area (TPSA) is 106 Å². The number of amides is 2. The van der Waals surface area contributed by atoms with Crippen LogP contribution in [-0.2, 0) is 14.3 Å². The summed E-state index contributed by atoms with van der Waals surface area (Å²) in [5.41, 5.74) is 6.30. The molecule has 1 atom stereocenters. The quantitative estimate of drug-likeness (QED) is 0.570. The van der Waals surface area contributed by atoms with Crippen molar-refractivity contribution in [3.63, 3.8) is 0 Å². The maximum absolute atomic E-state index is 12.0. The van der Waals surface area contributed by atoms with E-state index in [0.29, 0.717) is 19.8 Å². The van der Waals surface area contributed by atoms with Crippen LogP contribution in [0.25, 0.3) is 0 Å². The van der Waals surface area contributed by atoms with Gasteiger partial charge < -0.3 is 25.8 Å². The minimum atomic E-state index is -0.352. The minimum Gasteiger partial charge on any atom is -0.497 e. The predicted octanol–water partition coefficient (Wildman–Crippen LogP) is -0.740. The molecular formula is C17H26N4O4. The number of nitrogens with zero attached hydrogens (tertiary/aromatic N) is 1. The molecule has 138 valence electrons. The van der Waals surface area contributed by atoms with Crippen LogP contribution in [0.3, 0.4) is 0 Å². The first-order valence-corrected chi connectivity index (χ1v) is 8.33. The normalized spacial score (nSPS) is 16.1. The molecule has 4 N–H and O–H groups in total. The number of nitrogens with two attached hydrogens (primary N) is 1. The van der Waals surface area contributed by atoms with Crippen molar-refractivity contribution in [2.24, 2.45) is 5.73 Å². The van der Waals surface area contributed by atoms with Gasteiger partial charge in [-0.25, -0.2) is 0 Å². The van der Waals surface area contributed by atoms with Crippen molar-refractivity contribution < 1.29 is 19.1 Å². The highest BCUT2D eigenvalue weighted by Gasteiger charge is 2.23. The van der Waals surface area contributed by atoms with Gasteiger partial charge in [-0.3, -0.25) is 14.5 Å². The molecule has 1 aromatic carbocycles. The van der Waals surface area contributed by atoms with E-state index >= 15 is 0 Å². The number of ether oxygens (including phenoxy) is 2. The lowest BCUT2D eigenvalue weighted by molar-refractivity contribution is -0.125. The van der Waals surface area contributed by atoms with E-state index in [-0.39, 0.29) is 30.9 Å². The van der Waals surface area contributed by atoms with Crippen molar-refractivity contribution in [2.75, 3.05) is 53.0 Å². The van der Waals surface area contributed by atoms with Gasteiger partial charge in [-0.1, -0.05) is 12.1 Å². The van der Waals surface area contributed by atoms with Crippen LogP contribution in [0.5, 0.6) is 5.75 Å². The molecule has 0 saturated carbocycles. The van der Waals surface area contributed by atoms with Crippen LogP contribution >= 0.6 is 0 Å². The summed E-state index contributed by atoms with van der Waals surface area (Å²) in [4.78, 5) is 25.4. The second-order valence-corrected chi connectivity index (χ2v) is 5.72. The van der Waals surface area contributed by atoms with Gasteiger partial charge in [0.1, 0.15) is 5.75 Å². The number of rotatable bonds is 8. The minimum absolute atomic E-state index is 0.0315. The van der Waals surface area contributed by atoms with Gasteiger partial charge >= 0.3 is 0 Å². The lowest BCUT2D eigenvalue weighted by atomic mass is 10.0. The summed E-state index contributed by atoms with van der Waals surface area (Å²) in [6.07, 6.45) is 0. The van der Waals surface area contributed by atoms with Gasteiger partial charge in [0.15, 0.2) is 0 Å². The van der Waals surface area contributed by atoms with Gasteiger partial charge in [0.25, 0.3) is 0 Å². The molecule has 1 heterocycles. The zero-order valence-electron chi connectivity index (χ0n) is 14.5. The molecule has 8 heteroatoms. The molecule has 25 heavy (non-hydrogen) atoms. The number of nitrogens with one attached hydrogen (secondary N) is 2. The van der Waals surface area contributed by atoms with Gasteiger partial charge in [0, 0.05) is 19.6 Å². The number of methoxy groups -OCH3 is 1. The molecule has 1 saturated heterocycles. The summed E-state index contributed by atoms with van der Waals surface area (Å²) in [5.74, 6) is 0.196. The molecule has 2 amide bonds. The molecule has 1 fully saturated rings. The first-order chi connectivity index (χ1) is 12.1. The molecule has 0 aromatic heterocycles. The summed E-state index contributed by atoms with van der Waals surface area (Å²) in [6.45, 7) is 3.20. The van der Waals surface area contributed by atoms with Gasteiger partial charge in [-0.2, -0.15) is 0 Å². The monoisotopic (exact) mass is 350 g/mol. The van der Waals surface area contributed by atoms with E-state index in [1.165, 1.54) is 0 Å². The highest BCUT2D eigenvalue weighted by molar-refractivity contribution is 5.85. The van der Waals surface area contributed by atoms with Crippen LogP contribution in [0.2, 0.25) is 0 Å². The fourth-order valence-corrected chi connectivity index (χ4v) is 2.70. The number of benzene rings is 1. The molecule has 1 aliphatic heterocycles. The summed E-state index contributed by atoms with van der Waals surface area (Å²) >= 11 is 0. The summed E-state index contributed by atoms with van der Waals surface area (Å²) in [6, 6.07) is 7.85. The van der Waals surface area contributed by atoms with E-state index in [1.807, 2.05) is 24.3 Å². The molecule has 8 nitrogen and oxygen atoms in total. The largest absolute Gasteiger partial charge is 0.497 e. The number of hydrogen-bond donors (Lipinski definition) is 3. The van der Waals surface area contributed by atoms with Gasteiger partial charge in [0.2, 0.25) is 11.8 Å². The summed E-state index contributed by atoms with van der Waals surface area (Å²) in [7, 11) is 1.63. The Morgan fingerprint density at radius 1 is 1.20 bits per heavy atom. The third-order valence-corrected chi connectivity index (χ3v) is 4.11. The molecular weight excluding hydrogens is 324 g/mol. The average Bonchev–Trinajstić information content (AvgIpc) is 2.67. The zero-order chi connectivity index (χ0) is 18.1. The van der Waals surface area contributed by atoms with Crippen molar-refractivity contribution in [1.29, 1.82) is 0 Å². The van der Waals surface area contributed by atoms with Gasteiger partial charge in [-0.05, 0) is 17.7 Å². The average molecular weight is 350 g/mol. The molecule has 0 spiro atoms. The van der Waals surface area contributed by atoms with E-state index in [1.54, 1.807) is 7.11 Å². The van der Waals surface area contributed by atoms with Crippen LogP contribution in [0.4, 0.5) is 0 Å². The Morgan fingerprint density at radius 2 is 1.88 bits per heavy atom. The van der Waals surface area contributed by atoms with Crippen molar-refractivity contribution in [3.05, 3.63) is 29.8 Å². The van der Waals surface area contributed by atoms with Crippen molar-refractivity contribution in [2.45, 2.75) is 6.04 Å². The number of carbonyl (C=O) groups is 2. The number of morpholine rings is 1. The Bertz CT molecular complexity index is 558. The highest BCUT2D eigenvalue weighted by Crippen LogP contribution is 2.23. The van der Waals surface area contributed by atoms with Crippen LogP contribution in [0.1, 0.15) is 11.6 Å². The van der Waals surface area contributed by atoms with Gasteiger partial charge in [-0.15, -0.1) is 0 Å². The third kappa shape index (κ3) is 6.00. The Hall–Kier alpha value is -2.16. The lowest BCUT2D eigenvalue weighted by Crippen LogP contribution is -2.46. The van der Waals surface area contributed by atoms with Crippen LogP contribution < -0.4 is 21.1 Å². The molecule has 0 radical (unpaired) electrons. The van der Waals surface area contributed by atoms with Crippen molar-refractivity contribution in [1.82, 2.24) is 15.5 Å². The maximum atomic E-state index is 12.0. The molecule has 1 unspecified atom stereocenters. The van der Waals surface area contributed by atoms with Crippen molar-refractivity contribution >= 4 is 11.8 Å². The first kappa shape index (κ1) is 19.2. The van der Waals surface area contributed by atoms with Crippen LogP contribution in [0.15, 0.2) is 24.3 Å². The summed E-state index contributed by atoms with van der Waals surface area (Å²) < 4.78 is 10.6. The standard InChI is InChI=1S/C17H26N4O4/c1-24-14-4-2-13(3-5-14)15(21-6-8-25-9-7-21)11-19-17(23)12-20-16(22)10-18/h2-5,15H,6-12,18H2,1H3,(H,19,23)(H,20,22). The Morgan fingerprint density at radius 3 is 2.48 bits per heavy atom. The molecule has 1 aromatic rings. The van der Waals surface area contributed by atoms with E-state index in [0.717, 1.165) is 24.4 Å². The number of hydrogen-bond acceptors (Lipinski definition) is 6. The highest BCUT2D eigenvalue weighted by atomic mass is 16.5. The van der Waals surface area contributed by atoms with E-state index < -0.39 is 0 Å². The molecule has 0 bridgehead atoms. The Kier molecular flexibility index (Phi) is 7.65. The van der Waals surface area contributed by atoms with E-state index in [4.69, 9.17) is 15.2 Å². The fourth-order valence-electron chi connectivity index (χ4n) is 2.70. The third-order valence-electron chi connectivity index (χ3n) is 4.11. The maximum Gasteiger partial charge on any atom is 0.239 e. The second kappa shape index (κ2) is 9.97. The van der Waals surface area contributed by atoms with Crippen LogP contribution in [0, 0.1) is 0 Å². The van der Waals surface area contributed by atoms with E-state index in [9.17, 15) is 9.59 Å². The van der Waals surface area contributed by atoms with Crippen LogP contribution in [-0.4, -0.2) is 69.8 Å². The zero-order valence-corrected chi connectivity index (χ0v) is 14.5. The predicted molar refractivity (Wildman–Crippen MR) is 93.2 cm³/mol. The Labute approximate surface area is 147 Å². The Balaban J connectivity index is 1.98. The molecule has 0 aliphatic carbocycles. The first-order valence-electron chi connectivity index (χ1n) is 8.33. The van der Waals surface area contributed by atoms with E-state index in [2.05, 4.69) is 15.5 Å². The molecule has 1 aliphatic rings. The fraction of sp³-hybridized carbons (Fsp3) is 0.529. The lowest BCUT2D eigenvalue weighted by Gasteiger charge is -2.35. The smallest absolute Gasteiger partial charge is 0.239 e.